The lowest BCUT2D eigenvalue weighted by molar-refractivity contribution is 0.103. The maximum atomic E-state index is 12.1. The van der Waals surface area contributed by atoms with Gasteiger partial charge in [-0.25, -0.2) is 4.98 Å². The van der Waals surface area contributed by atoms with E-state index >= 15 is 0 Å². The maximum absolute atomic E-state index is 12.1. The molecule has 4 nitrogen and oxygen atoms in total. The topological polar surface area (TPSA) is 55.1 Å². The monoisotopic (exact) mass is 350 g/mol. The molecule has 0 aliphatic rings. The molecule has 0 unspecified atom stereocenters. The zero-order chi connectivity index (χ0) is 14.1. The summed E-state index contributed by atoms with van der Waals surface area (Å²) in [6.07, 6.45) is 0.749. The van der Waals surface area contributed by atoms with E-state index in [2.05, 4.69) is 26.2 Å². The lowest BCUT2D eigenvalue weighted by Crippen LogP contribution is -2.10. The summed E-state index contributed by atoms with van der Waals surface area (Å²) >= 11 is 4.75. The van der Waals surface area contributed by atoms with Crippen molar-refractivity contribution in [3.63, 3.8) is 0 Å². The Morgan fingerprint density at radius 1 is 1.45 bits per heavy atom. The van der Waals surface area contributed by atoms with E-state index in [1.54, 1.807) is 0 Å². The standard InChI is InChI=1S/C14H11BrN2O2S/c1-2-12-17-10-7-8(3-4-11(10)19-12)16-14(18)13-9(15)5-6-20-13/h3-7H,2H2,1H3,(H,16,18). The zero-order valence-electron chi connectivity index (χ0n) is 10.6. The van der Waals surface area contributed by atoms with Crippen LogP contribution in [-0.4, -0.2) is 10.9 Å². The number of anilines is 1. The van der Waals surface area contributed by atoms with Gasteiger partial charge in [0.25, 0.3) is 5.91 Å². The van der Waals surface area contributed by atoms with E-state index in [1.165, 1.54) is 11.3 Å². The molecule has 3 rings (SSSR count). The van der Waals surface area contributed by atoms with E-state index in [0.717, 1.165) is 22.0 Å². The molecule has 102 valence electrons. The molecule has 0 radical (unpaired) electrons. The van der Waals surface area contributed by atoms with Crippen LogP contribution in [-0.2, 0) is 6.42 Å². The predicted octanol–water partition coefficient (Wildman–Crippen LogP) is 4.47. The number of halogens is 1. The first-order valence-corrected chi connectivity index (χ1v) is 7.78. The largest absolute Gasteiger partial charge is 0.441 e. The van der Waals surface area contributed by atoms with Crippen LogP contribution in [0.1, 0.15) is 22.5 Å². The van der Waals surface area contributed by atoms with Crippen molar-refractivity contribution in [3.8, 4) is 0 Å². The van der Waals surface area contributed by atoms with Crippen molar-refractivity contribution in [1.29, 1.82) is 0 Å². The van der Waals surface area contributed by atoms with Gasteiger partial charge >= 0.3 is 0 Å². The quantitative estimate of drug-likeness (QED) is 0.758. The highest BCUT2D eigenvalue weighted by atomic mass is 79.9. The van der Waals surface area contributed by atoms with Crippen LogP contribution in [0, 0.1) is 0 Å². The van der Waals surface area contributed by atoms with Gasteiger partial charge in [-0.15, -0.1) is 11.3 Å². The van der Waals surface area contributed by atoms with E-state index in [-0.39, 0.29) is 5.91 Å². The molecule has 0 saturated carbocycles. The van der Waals surface area contributed by atoms with Gasteiger partial charge in [0, 0.05) is 16.6 Å². The van der Waals surface area contributed by atoms with E-state index in [4.69, 9.17) is 4.42 Å². The highest BCUT2D eigenvalue weighted by Crippen LogP contribution is 2.25. The lowest BCUT2D eigenvalue weighted by Gasteiger charge is -2.03. The third kappa shape index (κ3) is 2.48. The summed E-state index contributed by atoms with van der Waals surface area (Å²) in [5.41, 5.74) is 2.20. The molecule has 0 aliphatic heterocycles. The first-order valence-electron chi connectivity index (χ1n) is 6.11. The molecular formula is C14H11BrN2O2S. The number of fused-ring (bicyclic) bond motifs is 1. The highest BCUT2D eigenvalue weighted by molar-refractivity contribution is 9.10. The summed E-state index contributed by atoms with van der Waals surface area (Å²) in [4.78, 5) is 17.1. The fourth-order valence-electron chi connectivity index (χ4n) is 1.85. The van der Waals surface area contributed by atoms with Crippen LogP contribution >= 0.6 is 27.3 Å². The SMILES string of the molecule is CCc1nc2cc(NC(=O)c3sccc3Br)ccc2o1. The molecule has 1 N–H and O–H groups in total. The van der Waals surface area contributed by atoms with Crippen LogP contribution in [0.15, 0.2) is 38.5 Å². The molecule has 20 heavy (non-hydrogen) atoms. The van der Waals surface area contributed by atoms with Gasteiger partial charge in [0.1, 0.15) is 10.4 Å². The third-order valence-corrected chi connectivity index (χ3v) is 4.65. The normalized spacial score (nSPS) is 10.9. The number of nitrogens with one attached hydrogen (secondary N) is 1. The molecule has 0 atom stereocenters. The first-order chi connectivity index (χ1) is 9.67. The van der Waals surface area contributed by atoms with Crippen LogP contribution < -0.4 is 5.32 Å². The molecule has 6 heteroatoms. The van der Waals surface area contributed by atoms with Gasteiger partial charge in [-0.2, -0.15) is 0 Å². The van der Waals surface area contributed by atoms with Gasteiger partial charge in [-0.05, 0) is 45.6 Å². The molecule has 3 aromatic rings. The number of carbonyl (C=O) groups excluding carboxylic acids is 1. The number of aryl methyl sites for hydroxylation is 1. The first kappa shape index (κ1) is 13.3. The number of aromatic nitrogens is 1. The molecule has 1 aromatic carbocycles. The van der Waals surface area contributed by atoms with Crippen molar-refractivity contribution in [2.45, 2.75) is 13.3 Å². The van der Waals surface area contributed by atoms with Crippen molar-refractivity contribution in [1.82, 2.24) is 4.98 Å². The van der Waals surface area contributed by atoms with Crippen LogP contribution in [0.25, 0.3) is 11.1 Å². The Morgan fingerprint density at radius 2 is 2.30 bits per heavy atom. The Bertz CT molecular complexity index is 778. The van der Waals surface area contributed by atoms with Gasteiger partial charge in [0.15, 0.2) is 11.5 Å². The predicted molar refractivity (Wildman–Crippen MR) is 83.4 cm³/mol. The van der Waals surface area contributed by atoms with Crippen molar-refractivity contribution in [2.75, 3.05) is 5.32 Å². The van der Waals surface area contributed by atoms with Gasteiger partial charge in [0.05, 0.1) is 0 Å². The lowest BCUT2D eigenvalue weighted by atomic mass is 10.3. The molecule has 0 spiro atoms. The Hall–Kier alpha value is -1.66. The summed E-state index contributed by atoms with van der Waals surface area (Å²) in [7, 11) is 0. The number of hydrogen-bond acceptors (Lipinski definition) is 4. The number of carbonyl (C=O) groups is 1. The van der Waals surface area contributed by atoms with Crippen LogP contribution in [0.2, 0.25) is 0 Å². The van der Waals surface area contributed by atoms with Crippen molar-refractivity contribution < 1.29 is 9.21 Å². The molecular weight excluding hydrogens is 340 g/mol. The molecule has 2 aromatic heterocycles. The maximum Gasteiger partial charge on any atom is 0.266 e. The molecule has 0 saturated heterocycles. The molecule has 0 aliphatic carbocycles. The Balaban J connectivity index is 1.87. The van der Waals surface area contributed by atoms with Crippen LogP contribution in [0.4, 0.5) is 5.69 Å². The van der Waals surface area contributed by atoms with E-state index in [0.29, 0.717) is 16.5 Å². The summed E-state index contributed by atoms with van der Waals surface area (Å²) < 4.78 is 6.34. The van der Waals surface area contributed by atoms with Crippen molar-refractivity contribution in [3.05, 3.63) is 44.9 Å². The van der Waals surface area contributed by atoms with Gasteiger partial charge in [0.2, 0.25) is 0 Å². The fourth-order valence-corrected chi connectivity index (χ4v) is 3.29. The molecule has 2 heterocycles. The van der Waals surface area contributed by atoms with E-state index in [1.807, 2.05) is 36.6 Å². The summed E-state index contributed by atoms with van der Waals surface area (Å²) in [6.45, 7) is 1.99. The summed E-state index contributed by atoms with van der Waals surface area (Å²) in [5, 5.41) is 4.73. The second kappa shape index (κ2) is 5.38. The second-order valence-corrected chi connectivity index (χ2v) is 5.97. The zero-order valence-corrected chi connectivity index (χ0v) is 13.0. The number of hydrogen-bond donors (Lipinski definition) is 1. The average molecular weight is 351 g/mol. The van der Waals surface area contributed by atoms with Crippen molar-refractivity contribution >= 4 is 50.0 Å². The van der Waals surface area contributed by atoms with Crippen LogP contribution in [0.3, 0.4) is 0 Å². The van der Waals surface area contributed by atoms with E-state index < -0.39 is 0 Å². The fraction of sp³-hybridized carbons (Fsp3) is 0.143. The Morgan fingerprint density at radius 3 is 3.00 bits per heavy atom. The second-order valence-electron chi connectivity index (χ2n) is 4.20. The highest BCUT2D eigenvalue weighted by Gasteiger charge is 2.12. The minimum Gasteiger partial charge on any atom is -0.441 e. The summed E-state index contributed by atoms with van der Waals surface area (Å²) in [5.74, 6) is 0.565. The third-order valence-electron chi connectivity index (χ3n) is 2.82. The minimum atomic E-state index is -0.134. The van der Waals surface area contributed by atoms with Gasteiger partial charge in [-0.3, -0.25) is 4.79 Å². The van der Waals surface area contributed by atoms with Crippen LogP contribution in [0.5, 0.6) is 0 Å². The number of amides is 1. The van der Waals surface area contributed by atoms with Crippen molar-refractivity contribution in [2.24, 2.45) is 0 Å². The molecule has 1 amide bonds. The van der Waals surface area contributed by atoms with Gasteiger partial charge < -0.3 is 9.73 Å². The van der Waals surface area contributed by atoms with Gasteiger partial charge in [-0.1, -0.05) is 6.92 Å². The molecule has 0 bridgehead atoms. The summed E-state index contributed by atoms with van der Waals surface area (Å²) in [6, 6.07) is 7.30. The number of thiophene rings is 1. The number of oxazole rings is 1. The number of rotatable bonds is 3. The Labute approximate surface area is 127 Å². The number of benzene rings is 1. The number of nitrogens with zero attached hydrogens (tertiary/aromatic N) is 1. The molecule has 0 fully saturated rings. The minimum absolute atomic E-state index is 0.134. The average Bonchev–Trinajstić information content (AvgIpc) is 3.03. The Kier molecular flexibility index (Phi) is 3.58. The smallest absolute Gasteiger partial charge is 0.266 e. The van der Waals surface area contributed by atoms with E-state index in [9.17, 15) is 4.79 Å².